The van der Waals surface area contributed by atoms with E-state index in [9.17, 15) is 66.2 Å². The number of aryl methyl sites for hydroxylation is 1. The molecule has 2 amide bonds. The van der Waals surface area contributed by atoms with Crippen molar-refractivity contribution in [2.24, 2.45) is 0 Å². The van der Waals surface area contributed by atoms with Crippen LogP contribution in [-0.4, -0.2) is 89.1 Å². The van der Waals surface area contributed by atoms with Crippen molar-refractivity contribution in [3.05, 3.63) is 70.0 Å². The van der Waals surface area contributed by atoms with Crippen LogP contribution in [0.3, 0.4) is 0 Å². The first-order valence-electron chi connectivity index (χ1n) is 13.4. The smallest absolute Gasteiger partial charge is 0.360 e. The molecule has 17 heteroatoms. The monoisotopic (exact) mass is 659 g/mol. The van der Waals surface area contributed by atoms with E-state index in [4.69, 9.17) is 0 Å². The molecule has 6 N–H and O–H groups in total. The van der Waals surface area contributed by atoms with Gasteiger partial charge in [0, 0.05) is 26.2 Å². The van der Waals surface area contributed by atoms with E-state index < -0.39 is 71.1 Å². The van der Waals surface area contributed by atoms with Crippen LogP contribution in [-0.2, 0) is 18.9 Å². The van der Waals surface area contributed by atoms with Gasteiger partial charge >= 0.3 is 18.4 Å². The van der Waals surface area contributed by atoms with Crippen molar-refractivity contribution in [1.82, 2.24) is 14.7 Å². The predicted molar refractivity (Wildman–Crippen MR) is 144 cm³/mol. The maximum Gasteiger partial charge on any atom is 0.416 e. The molecule has 0 fully saturated rings. The number of rotatable bonds is 11. The SMILES string of the molecule is Cc1cc(F)ccc1CN(CCC(C)N(C(O)O)C(O)(O)C(C)(O)O)C(=O)N(C)C(C)c1cc(C(F)(F)F)cc(C(F)(F)F)c1. The van der Waals surface area contributed by atoms with Crippen LogP contribution in [0.5, 0.6) is 0 Å². The second-order valence-electron chi connectivity index (χ2n) is 10.9. The van der Waals surface area contributed by atoms with Crippen molar-refractivity contribution in [2.75, 3.05) is 13.6 Å². The van der Waals surface area contributed by atoms with Gasteiger partial charge < -0.3 is 40.4 Å². The fourth-order valence-electron chi connectivity index (χ4n) is 4.54. The highest BCUT2D eigenvalue weighted by atomic mass is 19.4. The number of halogens is 7. The summed E-state index contributed by atoms with van der Waals surface area (Å²) in [5.41, 5.74) is -2.85. The van der Waals surface area contributed by atoms with Crippen LogP contribution >= 0.6 is 0 Å². The van der Waals surface area contributed by atoms with Crippen molar-refractivity contribution < 1.29 is 66.2 Å². The molecule has 10 nitrogen and oxygen atoms in total. The number of alkyl halides is 6. The molecule has 2 unspecified atom stereocenters. The zero-order chi connectivity index (χ0) is 34.9. The van der Waals surface area contributed by atoms with Gasteiger partial charge in [-0.3, -0.25) is 0 Å². The Kier molecular flexibility index (Phi) is 11.6. The molecule has 254 valence electrons. The van der Waals surface area contributed by atoms with E-state index >= 15 is 0 Å². The lowest BCUT2D eigenvalue weighted by atomic mass is 9.99. The number of aliphatic hydroxyl groups excluding tert-OH is 1. The van der Waals surface area contributed by atoms with Gasteiger partial charge in [-0.2, -0.15) is 31.2 Å². The number of carbonyl (C=O) groups is 1. The quantitative estimate of drug-likeness (QED) is 0.159. The van der Waals surface area contributed by atoms with Gasteiger partial charge in [-0.1, -0.05) is 6.07 Å². The van der Waals surface area contributed by atoms with Gasteiger partial charge in [0.2, 0.25) is 12.2 Å². The first kappa shape index (κ1) is 38.1. The summed E-state index contributed by atoms with van der Waals surface area (Å²) in [6.45, 7) is 3.86. The summed E-state index contributed by atoms with van der Waals surface area (Å²) >= 11 is 0. The van der Waals surface area contributed by atoms with Crippen molar-refractivity contribution in [3.63, 3.8) is 0 Å². The Bertz CT molecular complexity index is 1300. The molecule has 45 heavy (non-hydrogen) atoms. The summed E-state index contributed by atoms with van der Waals surface area (Å²) in [7, 11) is 1.13. The molecule has 0 aliphatic heterocycles. The number of aliphatic hydroxyl groups is 6. The van der Waals surface area contributed by atoms with Gasteiger partial charge in [-0.15, -0.1) is 0 Å². The van der Waals surface area contributed by atoms with Gasteiger partial charge in [0.15, 0.2) is 0 Å². The van der Waals surface area contributed by atoms with Crippen LogP contribution < -0.4 is 0 Å². The molecule has 0 heterocycles. The lowest BCUT2D eigenvalue weighted by Crippen LogP contribution is -2.68. The maximum absolute atomic E-state index is 13.7. The van der Waals surface area contributed by atoms with Gasteiger partial charge in [0.05, 0.1) is 17.2 Å². The summed E-state index contributed by atoms with van der Waals surface area (Å²) < 4.78 is 94.5. The topological polar surface area (TPSA) is 148 Å². The number of hydrogen-bond donors (Lipinski definition) is 6. The second-order valence-corrected chi connectivity index (χ2v) is 10.9. The number of carbonyl (C=O) groups excluding carboxylic acids is 1. The van der Waals surface area contributed by atoms with E-state index in [0.717, 1.165) is 29.0 Å². The van der Waals surface area contributed by atoms with Gasteiger partial charge in [0.1, 0.15) is 5.82 Å². The Balaban J connectivity index is 2.49. The molecule has 0 radical (unpaired) electrons. The van der Waals surface area contributed by atoms with E-state index in [0.29, 0.717) is 30.2 Å². The third-order valence-corrected chi connectivity index (χ3v) is 7.45. The zero-order valence-corrected chi connectivity index (χ0v) is 24.9. The van der Waals surface area contributed by atoms with Crippen LogP contribution in [0.4, 0.5) is 35.5 Å². The van der Waals surface area contributed by atoms with Gasteiger partial charge in [-0.25, -0.2) is 9.18 Å². The van der Waals surface area contributed by atoms with Crippen molar-refractivity contribution in [3.8, 4) is 0 Å². The first-order valence-corrected chi connectivity index (χ1v) is 13.4. The summed E-state index contributed by atoms with van der Waals surface area (Å²) in [5.74, 6) is -7.50. The number of amides is 2. The molecule has 2 aromatic rings. The number of hydrogen-bond acceptors (Lipinski definition) is 8. The molecular formula is C28H36F7N3O7. The minimum Gasteiger partial charge on any atom is -0.360 e. The third kappa shape index (κ3) is 9.25. The highest BCUT2D eigenvalue weighted by Crippen LogP contribution is 2.38. The minimum absolute atomic E-state index is 0.0452. The molecule has 2 rings (SSSR count). The zero-order valence-electron chi connectivity index (χ0n) is 24.9. The van der Waals surface area contributed by atoms with Crippen molar-refractivity contribution >= 4 is 6.03 Å². The molecule has 2 atom stereocenters. The average molecular weight is 660 g/mol. The first-order chi connectivity index (χ1) is 20.3. The lowest BCUT2D eigenvalue weighted by Gasteiger charge is -2.45. The Morgan fingerprint density at radius 3 is 1.82 bits per heavy atom. The largest absolute Gasteiger partial charge is 0.416 e. The summed E-state index contributed by atoms with van der Waals surface area (Å²) in [5, 5.41) is 59.5. The highest BCUT2D eigenvalue weighted by Gasteiger charge is 2.52. The Labute approximate surface area is 254 Å². The molecule has 0 saturated heterocycles. The summed E-state index contributed by atoms with van der Waals surface area (Å²) in [6.07, 6.45) is -13.2. The molecule has 0 aliphatic carbocycles. The van der Waals surface area contributed by atoms with Crippen molar-refractivity contribution in [2.45, 2.75) is 83.2 Å². The van der Waals surface area contributed by atoms with Crippen LogP contribution in [0.2, 0.25) is 0 Å². The predicted octanol–water partition coefficient (Wildman–Crippen LogP) is 3.47. The van der Waals surface area contributed by atoms with E-state index in [1.165, 1.54) is 26.8 Å². The van der Waals surface area contributed by atoms with Crippen LogP contribution in [0.15, 0.2) is 36.4 Å². The van der Waals surface area contributed by atoms with Gasteiger partial charge in [-0.05, 0) is 81.1 Å². The normalized spacial score (nSPS) is 14.6. The molecular weight excluding hydrogens is 623 g/mol. The molecule has 0 saturated carbocycles. The Hall–Kier alpha value is -3.06. The molecule has 0 aliphatic rings. The second kappa shape index (κ2) is 13.7. The van der Waals surface area contributed by atoms with E-state index in [2.05, 4.69) is 0 Å². The van der Waals surface area contributed by atoms with E-state index in [1.807, 2.05) is 0 Å². The third-order valence-electron chi connectivity index (χ3n) is 7.45. The standard InChI is InChI=1S/C28H36F7N3O7/c1-15-10-22(29)7-6-18(15)14-37(9-8-16(2)38(24(40)41)28(44,45)25(4,42)43)23(39)36(5)17(3)19-11-20(26(30,31)32)13-21(12-19)27(33,34)35/h6-7,10-13,16-17,24,40-45H,8-9,14H2,1-5H3. The average Bonchev–Trinajstić information content (AvgIpc) is 2.88. The van der Waals surface area contributed by atoms with Crippen molar-refractivity contribution in [1.29, 1.82) is 0 Å². The maximum atomic E-state index is 13.7. The van der Waals surface area contributed by atoms with E-state index in [-0.39, 0.29) is 30.5 Å². The van der Waals surface area contributed by atoms with Crippen LogP contribution in [0, 0.1) is 12.7 Å². The molecule has 0 aromatic heterocycles. The Morgan fingerprint density at radius 2 is 1.40 bits per heavy atom. The summed E-state index contributed by atoms with van der Waals surface area (Å²) in [4.78, 5) is 15.8. The molecule has 2 aromatic carbocycles. The fraction of sp³-hybridized carbons (Fsp3) is 0.536. The number of benzene rings is 2. The number of urea groups is 1. The van der Waals surface area contributed by atoms with E-state index in [1.54, 1.807) is 0 Å². The lowest BCUT2D eigenvalue weighted by molar-refractivity contribution is -0.442. The highest BCUT2D eigenvalue weighted by molar-refractivity contribution is 5.75. The fourth-order valence-corrected chi connectivity index (χ4v) is 4.54. The van der Waals surface area contributed by atoms with Crippen LogP contribution in [0.1, 0.15) is 61.1 Å². The number of nitrogens with zero attached hydrogens (tertiary/aromatic N) is 3. The molecule has 0 spiro atoms. The Morgan fingerprint density at radius 1 is 0.889 bits per heavy atom. The van der Waals surface area contributed by atoms with Crippen LogP contribution in [0.25, 0.3) is 0 Å². The van der Waals surface area contributed by atoms with Gasteiger partial charge in [0.25, 0.3) is 5.91 Å². The summed E-state index contributed by atoms with van der Waals surface area (Å²) in [6, 6.07) is 0.951. The minimum atomic E-state index is -5.13. The molecule has 0 bridgehead atoms.